The summed E-state index contributed by atoms with van der Waals surface area (Å²) in [6.45, 7) is 6.89. The fraction of sp³-hybridized carbons (Fsp3) is 1.00. The molecule has 0 aromatic carbocycles. The van der Waals surface area contributed by atoms with Gasteiger partial charge in [-0.15, -0.1) is 0 Å². The Bertz CT molecular complexity index is 181. The van der Waals surface area contributed by atoms with Crippen molar-refractivity contribution >= 4 is 15.9 Å². The number of rotatable bonds is 4. The van der Waals surface area contributed by atoms with E-state index in [1.165, 1.54) is 25.7 Å². The second-order valence-corrected chi connectivity index (χ2v) is 6.55. The molecule has 2 heteroatoms. The van der Waals surface area contributed by atoms with Crippen molar-refractivity contribution in [1.29, 1.82) is 0 Å². The number of hydrogen-bond acceptors (Lipinski definition) is 1. The van der Waals surface area contributed by atoms with Gasteiger partial charge in [0.1, 0.15) is 0 Å². The molecular formula is C13H25BrO. The molecule has 0 aliphatic heterocycles. The van der Waals surface area contributed by atoms with Gasteiger partial charge in [0.15, 0.2) is 0 Å². The quantitative estimate of drug-likeness (QED) is 0.698. The van der Waals surface area contributed by atoms with Crippen molar-refractivity contribution in [2.24, 2.45) is 17.8 Å². The normalized spacial score (nSPS) is 34.4. The Morgan fingerprint density at radius 3 is 2.47 bits per heavy atom. The Kier molecular flexibility index (Phi) is 5.62. The lowest BCUT2D eigenvalue weighted by Crippen LogP contribution is -2.30. The first-order valence-corrected chi connectivity index (χ1v) is 7.13. The number of methoxy groups -OCH3 is 1. The molecule has 90 valence electrons. The monoisotopic (exact) mass is 276 g/mol. The van der Waals surface area contributed by atoms with Gasteiger partial charge in [-0.25, -0.2) is 0 Å². The van der Waals surface area contributed by atoms with Crippen molar-refractivity contribution < 1.29 is 4.74 Å². The first-order chi connectivity index (χ1) is 7.04. The SMILES string of the molecule is COC(C)CC1CC(C(C)C)CCC1Br. The van der Waals surface area contributed by atoms with Crippen molar-refractivity contribution in [3.8, 4) is 0 Å². The second-order valence-electron chi connectivity index (χ2n) is 5.38. The molecule has 1 saturated carbocycles. The predicted octanol–water partition coefficient (Wildman–Crippen LogP) is 4.25. The Labute approximate surface area is 103 Å². The van der Waals surface area contributed by atoms with Gasteiger partial charge in [0.25, 0.3) is 0 Å². The summed E-state index contributed by atoms with van der Waals surface area (Å²) in [6, 6.07) is 0. The van der Waals surface area contributed by atoms with Crippen LogP contribution in [0.3, 0.4) is 0 Å². The van der Waals surface area contributed by atoms with E-state index in [-0.39, 0.29) is 0 Å². The van der Waals surface area contributed by atoms with E-state index in [9.17, 15) is 0 Å². The van der Waals surface area contributed by atoms with Crippen LogP contribution < -0.4 is 0 Å². The summed E-state index contributed by atoms with van der Waals surface area (Å²) < 4.78 is 5.38. The molecule has 0 N–H and O–H groups in total. The summed E-state index contributed by atoms with van der Waals surface area (Å²) in [4.78, 5) is 0.713. The lowest BCUT2D eigenvalue weighted by Gasteiger charge is -2.36. The minimum atomic E-state index is 0.404. The first kappa shape index (κ1) is 13.5. The fourth-order valence-electron chi connectivity index (χ4n) is 2.64. The molecule has 0 saturated heterocycles. The number of halogens is 1. The van der Waals surface area contributed by atoms with E-state index in [1.807, 2.05) is 7.11 Å². The van der Waals surface area contributed by atoms with Gasteiger partial charge in [0.2, 0.25) is 0 Å². The molecule has 15 heavy (non-hydrogen) atoms. The maximum absolute atomic E-state index is 5.38. The minimum Gasteiger partial charge on any atom is -0.382 e. The highest BCUT2D eigenvalue weighted by Crippen LogP contribution is 2.39. The van der Waals surface area contributed by atoms with Crippen molar-refractivity contribution in [2.45, 2.75) is 57.4 Å². The molecule has 1 aliphatic rings. The van der Waals surface area contributed by atoms with Crippen LogP contribution in [0.2, 0.25) is 0 Å². The van der Waals surface area contributed by atoms with Crippen LogP contribution in [0.5, 0.6) is 0 Å². The Hall–Kier alpha value is 0.440. The minimum absolute atomic E-state index is 0.404. The summed E-state index contributed by atoms with van der Waals surface area (Å²) in [5, 5.41) is 0. The number of hydrogen-bond donors (Lipinski definition) is 0. The van der Waals surface area contributed by atoms with Gasteiger partial charge in [-0.3, -0.25) is 0 Å². The third kappa shape index (κ3) is 4.07. The molecule has 1 aliphatic carbocycles. The predicted molar refractivity (Wildman–Crippen MR) is 69.5 cm³/mol. The Balaban J connectivity index is 2.46. The van der Waals surface area contributed by atoms with Crippen LogP contribution in [-0.2, 0) is 4.74 Å². The molecule has 0 heterocycles. The van der Waals surface area contributed by atoms with Crippen LogP contribution in [0.1, 0.15) is 46.5 Å². The van der Waals surface area contributed by atoms with E-state index in [0.29, 0.717) is 10.9 Å². The molecule has 1 nitrogen and oxygen atoms in total. The topological polar surface area (TPSA) is 9.23 Å². The summed E-state index contributed by atoms with van der Waals surface area (Å²) >= 11 is 3.83. The molecule has 1 rings (SSSR count). The zero-order valence-corrected chi connectivity index (χ0v) is 12.1. The molecule has 0 aromatic heterocycles. The van der Waals surface area contributed by atoms with Crippen LogP contribution in [-0.4, -0.2) is 18.0 Å². The Morgan fingerprint density at radius 1 is 1.27 bits per heavy atom. The fourth-order valence-corrected chi connectivity index (χ4v) is 3.33. The average molecular weight is 277 g/mol. The van der Waals surface area contributed by atoms with Crippen molar-refractivity contribution in [3.63, 3.8) is 0 Å². The molecule has 4 unspecified atom stereocenters. The van der Waals surface area contributed by atoms with Crippen molar-refractivity contribution in [1.82, 2.24) is 0 Å². The summed E-state index contributed by atoms with van der Waals surface area (Å²) in [7, 11) is 1.82. The first-order valence-electron chi connectivity index (χ1n) is 6.21. The third-order valence-corrected chi connectivity index (χ3v) is 5.12. The molecule has 4 atom stereocenters. The van der Waals surface area contributed by atoms with Gasteiger partial charge < -0.3 is 4.74 Å². The van der Waals surface area contributed by atoms with Crippen molar-refractivity contribution in [2.75, 3.05) is 7.11 Å². The molecular weight excluding hydrogens is 252 g/mol. The maximum atomic E-state index is 5.38. The largest absolute Gasteiger partial charge is 0.382 e. The number of ether oxygens (including phenoxy) is 1. The van der Waals surface area contributed by atoms with Gasteiger partial charge in [-0.05, 0) is 50.4 Å². The molecule has 0 bridgehead atoms. The third-order valence-electron chi connectivity index (χ3n) is 3.91. The van der Waals surface area contributed by atoms with Crippen LogP contribution in [0.25, 0.3) is 0 Å². The lowest BCUT2D eigenvalue weighted by molar-refractivity contribution is 0.0801. The smallest absolute Gasteiger partial charge is 0.0546 e. The van der Waals surface area contributed by atoms with E-state index in [4.69, 9.17) is 4.74 Å². The van der Waals surface area contributed by atoms with E-state index in [2.05, 4.69) is 36.7 Å². The summed E-state index contributed by atoms with van der Waals surface area (Å²) in [6.07, 6.45) is 5.72. The average Bonchev–Trinajstić information content (AvgIpc) is 2.20. The highest BCUT2D eigenvalue weighted by atomic mass is 79.9. The molecule has 0 radical (unpaired) electrons. The van der Waals surface area contributed by atoms with Gasteiger partial charge in [0, 0.05) is 11.9 Å². The van der Waals surface area contributed by atoms with Gasteiger partial charge in [-0.2, -0.15) is 0 Å². The van der Waals surface area contributed by atoms with Crippen LogP contribution >= 0.6 is 15.9 Å². The van der Waals surface area contributed by atoms with Gasteiger partial charge in [-0.1, -0.05) is 29.8 Å². The maximum Gasteiger partial charge on any atom is 0.0546 e. The van der Waals surface area contributed by atoms with Gasteiger partial charge >= 0.3 is 0 Å². The molecule has 0 aromatic rings. The highest BCUT2D eigenvalue weighted by Gasteiger charge is 2.31. The molecule has 1 fully saturated rings. The van der Waals surface area contributed by atoms with Crippen LogP contribution in [0, 0.1) is 17.8 Å². The molecule has 0 spiro atoms. The van der Waals surface area contributed by atoms with E-state index in [1.54, 1.807) is 0 Å². The van der Waals surface area contributed by atoms with E-state index < -0.39 is 0 Å². The summed E-state index contributed by atoms with van der Waals surface area (Å²) in [5.74, 6) is 2.57. The summed E-state index contributed by atoms with van der Waals surface area (Å²) in [5.41, 5.74) is 0. The van der Waals surface area contributed by atoms with Crippen LogP contribution in [0.4, 0.5) is 0 Å². The van der Waals surface area contributed by atoms with E-state index >= 15 is 0 Å². The van der Waals surface area contributed by atoms with Crippen molar-refractivity contribution in [3.05, 3.63) is 0 Å². The molecule has 0 amide bonds. The zero-order valence-electron chi connectivity index (χ0n) is 10.5. The van der Waals surface area contributed by atoms with E-state index in [0.717, 1.165) is 17.8 Å². The van der Waals surface area contributed by atoms with Crippen LogP contribution in [0.15, 0.2) is 0 Å². The number of alkyl halides is 1. The van der Waals surface area contributed by atoms with Gasteiger partial charge in [0.05, 0.1) is 6.10 Å². The highest BCUT2D eigenvalue weighted by molar-refractivity contribution is 9.09. The zero-order chi connectivity index (χ0) is 11.4. The lowest BCUT2D eigenvalue weighted by atomic mass is 9.74. The Morgan fingerprint density at radius 2 is 1.93 bits per heavy atom. The second kappa shape index (κ2) is 6.24. The standard InChI is InChI=1S/C13H25BrO/c1-9(2)11-5-6-13(14)12(8-11)7-10(3)15-4/h9-13H,5-8H2,1-4H3.